The van der Waals surface area contributed by atoms with Crippen LogP contribution >= 0.6 is 22.7 Å². The van der Waals surface area contributed by atoms with Gasteiger partial charge in [-0.3, -0.25) is 14.5 Å². The maximum atomic E-state index is 13.8. The molecule has 0 unspecified atom stereocenters. The third-order valence-corrected chi connectivity index (χ3v) is 10.2. The van der Waals surface area contributed by atoms with Crippen LogP contribution < -0.4 is 9.75 Å². The number of ether oxygens (including phenoxy) is 3. The number of pyridine rings is 1. The molecule has 0 radical (unpaired) electrons. The van der Waals surface area contributed by atoms with Crippen molar-refractivity contribution in [3.05, 3.63) is 104 Å². The fraction of sp³-hybridized carbons (Fsp3) is 0.343. The molecule has 1 aromatic carbocycles. The lowest BCUT2D eigenvalue weighted by Crippen LogP contribution is -2.62. The van der Waals surface area contributed by atoms with Crippen LogP contribution in [0.5, 0.6) is 5.75 Å². The zero-order chi connectivity index (χ0) is 32.2. The van der Waals surface area contributed by atoms with Gasteiger partial charge < -0.3 is 19.1 Å². The van der Waals surface area contributed by atoms with Gasteiger partial charge in [0.25, 0.3) is 5.91 Å². The van der Waals surface area contributed by atoms with Crippen molar-refractivity contribution < 1.29 is 23.8 Å². The van der Waals surface area contributed by atoms with Gasteiger partial charge in [-0.25, -0.2) is 15.0 Å². The predicted molar refractivity (Wildman–Crippen MR) is 182 cm³/mol. The number of nitrogens with zero attached hydrogens (tertiary/aromatic N) is 5. The molecule has 3 aliphatic heterocycles. The minimum Gasteiger partial charge on any atom is -0.497 e. The van der Waals surface area contributed by atoms with Crippen LogP contribution in [0.25, 0.3) is 6.08 Å². The number of hydrogen-bond donors (Lipinski definition) is 0. The van der Waals surface area contributed by atoms with E-state index in [1.807, 2.05) is 58.2 Å². The molecule has 0 saturated carbocycles. The number of carbonyl (C=O) groups excluding carboxylic acids is 2. The summed E-state index contributed by atoms with van der Waals surface area (Å²) >= 11 is 3.35. The quantitative estimate of drug-likeness (QED) is 0.198. The highest BCUT2D eigenvalue weighted by Gasteiger charge is 2.39. The molecule has 0 bridgehead atoms. The molecule has 244 valence electrons. The van der Waals surface area contributed by atoms with E-state index in [1.165, 1.54) is 9.75 Å². The number of thiophene rings is 2. The molecule has 0 atom stereocenters. The lowest BCUT2D eigenvalue weighted by Gasteiger charge is -2.44. The lowest BCUT2D eigenvalue weighted by atomic mass is 10.1. The average molecular weight is 672 g/mol. The summed E-state index contributed by atoms with van der Waals surface area (Å²) in [5.74, 6) is 1.33. The molecule has 10 nitrogen and oxygen atoms in total. The maximum absolute atomic E-state index is 13.8. The van der Waals surface area contributed by atoms with Gasteiger partial charge >= 0.3 is 0 Å². The SMILES string of the molecule is COc1ccc(CN2CC(=O)N(N3CC(OCc4cccs4)C3)c3ncc(/C=C/C(=O)N4CC(OCc5cccs5)C4)cc3C2)cc1. The molecule has 12 heteroatoms. The van der Waals surface area contributed by atoms with Gasteiger partial charge in [0.1, 0.15) is 5.75 Å². The summed E-state index contributed by atoms with van der Waals surface area (Å²) in [5.41, 5.74) is 2.82. The normalized spacial score (nSPS) is 17.9. The number of anilines is 1. The van der Waals surface area contributed by atoms with E-state index in [0.29, 0.717) is 58.3 Å². The molecule has 2 fully saturated rings. The van der Waals surface area contributed by atoms with Crippen molar-refractivity contribution in [3.8, 4) is 5.75 Å². The van der Waals surface area contributed by atoms with E-state index in [9.17, 15) is 9.59 Å². The fourth-order valence-corrected chi connectivity index (χ4v) is 7.11. The Morgan fingerprint density at radius 1 is 0.936 bits per heavy atom. The molecule has 7 rings (SSSR count). The molecule has 0 aliphatic carbocycles. The number of hydrogen-bond acceptors (Lipinski definition) is 10. The molecule has 0 spiro atoms. The minimum atomic E-state index is -0.0528. The number of fused-ring (bicyclic) bond motifs is 1. The Hall–Kier alpha value is -3.91. The van der Waals surface area contributed by atoms with Gasteiger partial charge in [-0.1, -0.05) is 24.3 Å². The Kier molecular flexibility index (Phi) is 9.75. The van der Waals surface area contributed by atoms with Gasteiger partial charge in [0.2, 0.25) is 5.91 Å². The smallest absolute Gasteiger partial charge is 0.257 e. The first-order chi connectivity index (χ1) is 23.0. The minimum absolute atomic E-state index is 0.0337. The van der Waals surface area contributed by atoms with Crippen LogP contribution in [0.15, 0.2) is 77.6 Å². The molecular weight excluding hydrogens is 635 g/mol. The van der Waals surface area contributed by atoms with Crippen molar-refractivity contribution in [1.29, 1.82) is 0 Å². The first-order valence-corrected chi connectivity index (χ1v) is 17.4. The molecular formula is C35H37N5O5S2. The largest absolute Gasteiger partial charge is 0.497 e. The highest BCUT2D eigenvalue weighted by Crippen LogP contribution is 2.30. The molecule has 3 aliphatic rings. The van der Waals surface area contributed by atoms with Crippen molar-refractivity contribution in [2.45, 2.75) is 38.5 Å². The van der Waals surface area contributed by atoms with Crippen LogP contribution in [0.2, 0.25) is 0 Å². The summed E-state index contributed by atoms with van der Waals surface area (Å²) < 4.78 is 17.3. The third-order valence-electron chi connectivity index (χ3n) is 8.49. The zero-order valence-corrected chi connectivity index (χ0v) is 27.8. The summed E-state index contributed by atoms with van der Waals surface area (Å²) in [6.45, 7) is 4.92. The van der Waals surface area contributed by atoms with Gasteiger partial charge in [0, 0.05) is 66.9 Å². The van der Waals surface area contributed by atoms with Gasteiger partial charge in [-0.05, 0) is 58.3 Å². The Morgan fingerprint density at radius 3 is 2.26 bits per heavy atom. The first-order valence-electron chi connectivity index (χ1n) is 15.7. The summed E-state index contributed by atoms with van der Waals surface area (Å²) in [6.07, 6.45) is 5.24. The summed E-state index contributed by atoms with van der Waals surface area (Å²) in [4.78, 5) is 37.8. The molecule has 4 aromatic rings. The van der Waals surface area contributed by atoms with Gasteiger partial charge in [-0.15, -0.1) is 22.7 Å². The van der Waals surface area contributed by atoms with E-state index in [4.69, 9.17) is 19.2 Å². The molecule has 3 aromatic heterocycles. The second kappa shape index (κ2) is 14.5. The second-order valence-electron chi connectivity index (χ2n) is 11.9. The van der Waals surface area contributed by atoms with E-state index in [1.54, 1.807) is 58.0 Å². The van der Waals surface area contributed by atoms with Crippen LogP contribution in [0.4, 0.5) is 5.82 Å². The monoisotopic (exact) mass is 671 g/mol. The number of aromatic nitrogens is 1. The number of benzene rings is 1. The van der Waals surface area contributed by atoms with E-state index < -0.39 is 0 Å². The molecule has 2 amide bonds. The van der Waals surface area contributed by atoms with Crippen molar-refractivity contribution >= 4 is 46.4 Å². The number of rotatable bonds is 12. The van der Waals surface area contributed by atoms with E-state index in [0.717, 1.165) is 22.4 Å². The molecule has 2 saturated heterocycles. The van der Waals surface area contributed by atoms with E-state index >= 15 is 0 Å². The van der Waals surface area contributed by atoms with Gasteiger partial charge in [0.05, 0.1) is 39.1 Å². The van der Waals surface area contributed by atoms with E-state index in [2.05, 4.69) is 17.0 Å². The van der Waals surface area contributed by atoms with Crippen molar-refractivity contribution in [1.82, 2.24) is 19.8 Å². The number of likely N-dealkylation sites (tertiary alicyclic amines) is 1. The predicted octanol–water partition coefficient (Wildman–Crippen LogP) is 4.82. The van der Waals surface area contributed by atoms with Crippen LogP contribution in [0.1, 0.15) is 26.4 Å². The van der Waals surface area contributed by atoms with Crippen LogP contribution in [-0.4, -0.2) is 83.6 Å². The summed E-state index contributed by atoms with van der Waals surface area (Å²) in [5, 5.41) is 7.83. The van der Waals surface area contributed by atoms with Crippen molar-refractivity contribution in [2.75, 3.05) is 44.8 Å². The standard InChI is InChI=1S/C35H37N5O5S2/c1-43-28-9-6-25(7-10-28)16-37-17-27-14-26(8-11-33(41)38-18-29(19-38)44-23-31-4-2-12-46-31)15-36-35(27)40(34(42)22-37)39-20-30(21-39)45-24-32-5-3-13-47-32/h2-15,29-30H,16-24H2,1H3/b11-8+. The highest BCUT2D eigenvalue weighted by molar-refractivity contribution is 7.10. The third kappa shape index (κ3) is 7.64. The number of amides is 2. The van der Waals surface area contributed by atoms with Gasteiger partial charge in [-0.2, -0.15) is 0 Å². The number of carbonyl (C=O) groups is 2. The van der Waals surface area contributed by atoms with E-state index in [-0.39, 0.29) is 30.6 Å². The summed E-state index contributed by atoms with van der Waals surface area (Å²) in [7, 11) is 1.65. The Labute approximate surface area is 282 Å². The first kappa shape index (κ1) is 31.7. The topological polar surface area (TPSA) is 87.7 Å². The Bertz CT molecular complexity index is 1680. The van der Waals surface area contributed by atoms with Gasteiger partial charge in [0.15, 0.2) is 5.82 Å². The lowest BCUT2D eigenvalue weighted by molar-refractivity contribution is -0.140. The van der Waals surface area contributed by atoms with Crippen molar-refractivity contribution in [2.24, 2.45) is 0 Å². The molecule has 6 heterocycles. The molecule has 47 heavy (non-hydrogen) atoms. The maximum Gasteiger partial charge on any atom is 0.257 e. The summed E-state index contributed by atoms with van der Waals surface area (Å²) in [6, 6.07) is 18.1. The highest BCUT2D eigenvalue weighted by atomic mass is 32.1. The number of hydrazine groups is 1. The second-order valence-corrected chi connectivity index (χ2v) is 14.0. The Balaban J connectivity index is 1.03. The van der Waals surface area contributed by atoms with Crippen LogP contribution in [0, 0.1) is 0 Å². The molecule has 0 N–H and O–H groups in total. The van der Waals surface area contributed by atoms with Crippen LogP contribution in [0.3, 0.4) is 0 Å². The Morgan fingerprint density at radius 2 is 1.62 bits per heavy atom. The zero-order valence-electron chi connectivity index (χ0n) is 26.2. The van der Waals surface area contributed by atoms with Crippen LogP contribution in [-0.2, 0) is 45.4 Å². The van der Waals surface area contributed by atoms with Crippen molar-refractivity contribution in [3.63, 3.8) is 0 Å². The average Bonchev–Trinajstić information content (AvgIpc) is 3.74. The fourth-order valence-electron chi connectivity index (χ4n) is 5.86. The number of methoxy groups -OCH3 is 1.